The van der Waals surface area contributed by atoms with Gasteiger partial charge in [0.15, 0.2) is 0 Å². The molecule has 0 fully saturated rings. The zero-order valence-electron chi connectivity index (χ0n) is 17.8. The number of hydrogen-bond donors (Lipinski definition) is 2. The monoisotopic (exact) mass is 418 g/mol. The lowest BCUT2D eigenvalue weighted by atomic mass is 9.97. The topological polar surface area (TPSA) is 76.7 Å². The molecule has 0 aliphatic rings. The van der Waals surface area contributed by atoms with Crippen LogP contribution in [0.2, 0.25) is 0 Å². The van der Waals surface area contributed by atoms with Crippen LogP contribution < -0.4 is 20.1 Å². The SMILES string of the molecule is COc1cc(NC(=O)c2ccccc2)c(OC)cc1NC(=O)CC(C)c1ccccc1. The van der Waals surface area contributed by atoms with Gasteiger partial charge in [0, 0.05) is 24.1 Å². The summed E-state index contributed by atoms with van der Waals surface area (Å²) in [4.78, 5) is 25.2. The number of carbonyl (C=O) groups excluding carboxylic acids is 2. The van der Waals surface area contributed by atoms with E-state index in [4.69, 9.17) is 9.47 Å². The van der Waals surface area contributed by atoms with Crippen molar-refractivity contribution in [3.05, 3.63) is 83.9 Å². The summed E-state index contributed by atoms with van der Waals surface area (Å²) in [6.45, 7) is 2.01. The van der Waals surface area contributed by atoms with Gasteiger partial charge in [-0.25, -0.2) is 0 Å². The van der Waals surface area contributed by atoms with Gasteiger partial charge in [-0.05, 0) is 23.6 Å². The number of amides is 2. The molecule has 31 heavy (non-hydrogen) atoms. The number of nitrogens with one attached hydrogen (secondary N) is 2. The van der Waals surface area contributed by atoms with Gasteiger partial charge in [0.1, 0.15) is 11.5 Å². The fraction of sp³-hybridized carbons (Fsp3) is 0.200. The highest BCUT2D eigenvalue weighted by atomic mass is 16.5. The smallest absolute Gasteiger partial charge is 0.255 e. The average molecular weight is 418 g/mol. The standard InChI is InChI=1S/C25H26N2O4/c1-17(18-10-6-4-7-11-18)14-24(28)26-20-15-23(31-3)21(16-22(20)30-2)27-25(29)19-12-8-5-9-13-19/h4-13,15-17H,14H2,1-3H3,(H,26,28)(H,27,29). The first kappa shape index (κ1) is 21.9. The van der Waals surface area contributed by atoms with E-state index in [-0.39, 0.29) is 17.7 Å². The molecule has 0 aliphatic carbocycles. The highest BCUT2D eigenvalue weighted by Gasteiger charge is 2.17. The largest absolute Gasteiger partial charge is 0.494 e. The van der Waals surface area contributed by atoms with Gasteiger partial charge in [0.25, 0.3) is 5.91 Å². The second-order valence-electron chi connectivity index (χ2n) is 7.14. The Kier molecular flexibility index (Phi) is 7.27. The zero-order valence-corrected chi connectivity index (χ0v) is 17.8. The Morgan fingerprint density at radius 3 is 1.87 bits per heavy atom. The zero-order chi connectivity index (χ0) is 22.2. The molecule has 2 N–H and O–H groups in total. The van der Waals surface area contributed by atoms with Crippen molar-refractivity contribution in [2.75, 3.05) is 24.9 Å². The number of anilines is 2. The van der Waals surface area contributed by atoms with Gasteiger partial charge >= 0.3 is 0 Å². The number of rotatable bonds is 8. The first-order valence-corrected chi connectivity index (χ1v) is 9.99. The maximum atomic E-state index is 12.6. The second-order valence-corrected chi connectivity index (χ2v) is 7.14. The molecule has 0 saturated carbocycles. The third kappa shape index (κ3) is 5.63. The van der Waals surface area contributed by atoms with Crippen LogP contribution in [0.1, 0.15) is 35.2 Å². The molecule has 0 spiro atoms. The van der Waals surface area contributed by atoms with Crippen LogP contribution in [0.4, 0.5) is 11.4 Å². The minimum Gasteiger partial charge on any atom is -0.494 e. The van der Waals surface area contributed by atoms with Gasteiger partial charge in [-0.3, -0.25) is 9.59 Å². The first-order valence-electron chi connectivity index (χ1n) is 9.99. The molecule has 0 bridgehead atoms. The summed E-state index contributed by atoms with van der Waals surface area (Å²) in [5, 5.41) is 5.72. The van der Waals surface area contributed by atoms with E-state index in [0.717, 1.165) is 5.56 Å². The Balaban J connectivity index is 1.76. The Morgan fingerprint density at radius 1 is 0.806 bits per heavy atom. The molecule has 1 unspecified atom stereocenters. The molecule has 2 amide bonds. The molecule has 0 heterocycles. The summed E-state index contributed by atoms with van der Waals surface area (Å²) in [5.74, 6) is 0.493. The molecular weight excluding hydrogens is 392 g/mol. The Labute approximate surface area is 182 Å². The lowest BCUT2D eigenvalue weighted by Gasteiger charge is -2.17. The van der Waals surface area contributed by atoms with Gasteiger partial charge in [0.05, 0.1) is 25.6 Å². The number of carbonyl (C=O) groups is 2. The average Bonchev–Trinajstić information content (AvgIpc) is 2.80. The summed E-state index contributed by atoms with van der Waals surface area (Å²) >= 11 is 0. The van der Waals surface area contributed by atoms with Crippen LogP contribution in [-0.2, 0) is 4.79 Å². The van der Waals surface area contributed by atoms with Gasteiger partial charge in [-0.15, -0.1) is 0 Å². The highest BCUT2D eigenvalue weighted by Crippen LogP contribution is 2.37. The summed E-state index contributed by atoms with van der Waals surface area (Å²) in [5.41, 5.74) is 2.54. The molecule has 3 rings (SSSR count). The molecule has 160 valence electrons. The van der Waals surface area contributed by atoms with E-state index in [9.17, 15) is 9.59 Å². The van der Waals surface area contributed by atoms with Crippen LogP contribution in [0, 0.1) is 0 Å². The maximum Gasteiger partial charge on any atom is 0.255 e. The fourth-order valence-electron chi connectivity index (χ4n) is 3.26. The molecule has 3 aromatic carbocycles. The van der Waals surface area contributed by atoms with E-state index in [1.165, 1.54) is 14.2 Å². The van der Waals surface area contributed by atoms with Crippen molar-refractivity contribution in [2.24, 2.45) is 0 Å². The molecule has 0 saturated heterocycles. The maximum absolute atomic E-state index is 12.6. The summed E-state index contributed by atoms with van der Waals surface area (Å²) in [7, 11) is 3.01. The van der Waals surface area contributed by atoms with Crippen molar-refractivity contribution >= 4 is 23.2 Å². The minimum atomic E-state index is -0.269. The minimum absolute atomic E-state index is 0.0681. The van der Waals surface area contributed by atoms with E-state index in [1.54, 1.807) is 36.4 Å². The molecule has 6 nitrogen and oxygen atoms in total. The normalized spacial score (nSPS) is 11.3. The molecule has 3 aromatic rings. The summed E-state index contributed by atoms with van der Waals surface area (Å²) in [6.07, 6.45) is 0.321. The van der Waals surface area contributed by atoms with Gasteiger partial charge in [-0.2, -0.15) is 0 Å². The summed E-state index contributed by atoms with van der Waals surface area (Å²) < 4.78 is 10.9. The number of methoxy groups -OCH3 is 2. The van der Waals surface area contributed by atoms with E-state index >= 15 is 0 Å². The Hall–Kier alpha value is -3.80. The predicted octanol–water partition coefficient (Wildman–Crippen LogP) is 5.09. The molecule has 6 heteroatoms. The van der Waals surface area contributed by atoms with Crippen LogP contribution in [0.3, 0.4) is 0 Å². The number of ether oxygens (including phenoxy) is 2. The van der Waals surface area contributed by atoms with E-state index in [2.05, 4.69) is 10.6 Å². The third-order valence-corrected chi connectivity index (χ3v) is 4.94. The fourth-order valence-corrected chi connectivity index (χ4v) is 3.26. The van der Waals surface area contributed by atoms with Crippen LogP contribution in [0.15, 0.2) is 72.8 Å². The first-order chi connectivity index (χ1) is 15.0. The lowest BCUT2D eigenvalue weighted by Crippen LogP contribution is -2.16. The highest BCUT2D eigenvalue weighted by molar-refractivity contribution is 6.05. The van der Waals surface area contributed by atoms with Crippen molar-refractivity contribution in [3.63, 3.8) is 0 Å². The van der Waals surface area contributed by atoms with E-state index in [0.29, 0.717) is 34.9 Å². The van der Waals surface area contributed by atoms with Crippen molar-refractivity contribution in [1.82, 2.24) is 0 Å². The number of benzene rings is 3. The van der Waals surface area contributed by atoms with Crippen LogP contribution in [0.5, 0.6) is 11.5 Å². The van der Waals surface area contributed by atoms with Gasteiger partial charge < -0.3 is 20.1 Å². The summed E-state index contributed by atoms with van der Waals surface area (Å²) in [6, 6.07) is 22.0. The van der Waals surface area contributed by atoms with Crippen molar-refractivity contribution in [3.8, 4) is 11.5 Å². The Bertz CT molecular complexity index is 1040. The van der Waals surface area contributed by atoms with Gasteiger partial charge in [-0.1, -0.05) is 55.5 Å². The Morgan fingerprint density at radius 2 is 1.32 bits per heavy atom. The molecule has 0 aromatic heterocycles. The second kappa shape index (κ2) is 10.3. The van der Waals surface area contributed by atoms with Crippen LogP contribution in [0.25, 0.3) is 0 Å². The van der Waals surface area contributed by atoms with E-state index in [1.807, 2.05) is 43.3 Å². The molecule has 0 aliphatic heterocycles. The molecular formula is C25H26N2O4. The molecule has 1 atom stereocenters. The van der Waals surface area contributed by atoms with E-state index < -0.39 is 0 Å². The van der Waals surface area contributed by atoms with Crippen LogP contribution in [-0.4, -0.2) is 26.0 Å². The molecule has 0 radical (unpaired) electrons. The third-order valence-electron chi connectivity index (χ3n) is 4.94. The van der Waals surface area contributed by atoms with Crippen LogP contribution >= 0.6 is 0 Å². The lowest BCUT2D eigenvalue weighted by molar-refractivity contribution is -0.116. The predicted molar refractivity (Wildman–Crippen MR) is 122 cm³/mol. The van der Waals surface area contributed by atoms with Crippen molar-refractivity contribution < 1.29 is 19.1 Å². The quantitative estimate of drug-likeness (QED) is 0.534. The number of hydrogen-bond acceptors (Lipinski definition) is 4. The van der Waals surface area contributed by atoms with Gasteiger partial charge in [0.2, 0.25) is 5.91 Å². The van der Waals surface area contributed by atoms with Crippen molar-refractivity contribution in [1.29, 1.82) is 0 Å². The van der Waals surface area contributed by atoms with Crippen molar-refractivity contribution in [2.45, 2.75) is 19.3 Å².